The number of benzene rings is 2. The zero-order valence-corrected chi connectivity index (χ0v) is 14.9. The van der Waals surface area contributed by atoms with Gasteiger partial charge in [0.25, 0.3) is 0 Å². The average Bonchev–Trinajstić information content (AvgIpc) is 3.05. The highest BCUT2D eigenvalue weighted by Crippen LogP contribution is 2.23. The van der Waals surface area contributed by atoms with Crippen LogP contribution in [-0.4, -0.2) is 24.4 Å². The summed E-state index contributed by atoms with van der Waals surface area (Å²) < 4.78 is 13.6. The Morgan fingerprint density at radius 1 is 1.15 bits per heavy atom. The molecule has 0 bridgehead atoms. The second-order valence-corrected chi connectivity index (χ2v) is 6.52. The molecule has 1 aliphatic rings. The number of nitrogens with zero attached hydrogens (tertiary/aromatic N) is 1. The molecule has 2 aromatic carbocycles. The van der Waals surface area contributed by atoms with E-state index in [2.05, 4.69) is 10.6 Å². The molecule has 2 N–H and O–H groups in total. The van der Waals surface area contributed by atoms with Gasteiger partial charge in [0.05, 0.1) is 0 Å². The lowest BCUT2D eigenvalue weighted by Crippen LogP contribution is -2.32. The third kappa shape index (κ3) is 4.02. The largest absolute Gasteiger partial charge is 0.374 e. The van der Waals surface area contributed by atoms with Crippen molar-refractivity contribution < 1.29 is 14.0 Å². The number of nitrogens with one attached hydrogen (secondary N) is 2. The summed E-state index contributed by atoms with van der Waals surface area (Å²) in [6, 6.07) is 11.5. The summed E-state index contributed by atoms with van der Waals surface area (Å²) in [6.07, 6.45) is 1.48. The van der Waals surface area contributed by atoms with Gasteiger partial charge in [0.15, 0.2) is 0 Å². The van der Waals surface area contributed by atoms with Gasteiger partial charge < -0.3 is 15.5 Å². The van der Waals surface area contributed by atoms with Gasteiger partial charge in [-0.25, -0.2) is 4.39 Å². The van der Waals surface area contributed by atoms with Crippen LogP contribution in [0.2, 0.25) is 0 Å². The highest BCUT2D eigenvalue weighted by atomic mass is 19.1. The molecule has 0 aliphatic carbocycles. The van der Waals surface area contributed by atoms with Crippen LogP contribution < -0.4 is 15.5 Å². The van der Waals surface area contributed by atoms with E-state index in [1.807, 2.05) is 24.3 Å². The van der Waals surface area contributed by atoms with Gasteiger partial charge in [-0.3, -0.25) is 9.59 Å². The number of carbonyl (C=O) groups is 2. The minimum atomic E-state index is -0.501. The molecule has 6 heteroatoms. The van der Waals surface area contributed by atoms with Gasteiger partial charge in [-0.15, -0.1) is 0 Å². The molecule has 0 aromatic heterocycles. The first-order valence-electron chi connectivity index (χ1n) is 8.68. The van der Waals surface area contributed by atoms with Crippen LogP contribution in [0.1, 0.15) is 25.3 Å². The topological polar surface area (TPSA) is 61.4 Å². The lowest BCUT2D eigenvalue weighted by Gasteiger charge is -2.18. The van der Waals surface area contributed by atoms with Crippen LogP contribution in [0.25, 0.3) is 0 Å². The summed E-state index contributed by atoms with van der Waals surface area (Å²) in [5, 5.41) is 5.81. The second kappa shape index (κ2) is 7.56. The molecular formula is C20H22FN3O2. The first-order valence-corrected chi connectivity index (χ1v) is 8.68. The molecule has 3 rings (SSSR count). The SMILES string of the molecule is Cc1ccc(NC(=O)[C@H](C)Nc2ccc(N3CCCC3=O)cc2)cc1F. The van der Waals surface area contributed by atoms with Gasteiger partial charge in [-0.1, -0.05) is 6.07 Å². The number of rotatable bonds is 5. The van der Waals surface area contributed by atoms with Gasteiger partial charge in [0.1, 0.15) is 11.9 Å². The summed E-state index contributed by atoms with van der Waals surface area (Å²) in [5.74, 6) is -0.466. The van der Waals surface area contributed by atoms with E-state index >= 15 is 0 Å². The first-order chi connectivity index (χ1) is 12.4. The van der Waals surface area contributed by atoms with Crippen molar-refractivity contribution in [3.05, 3.63) is 53.8 Å². The summed E-state index contributed by atoms with van der Waals surface area (Å²) in [6.45, 7) is 4.15. The third-order valence-electron chi connectivity index (χ3n) is 4.47. The Morgan fingerprint density at radius 3 is 2.46 bits per heavy atom. The van der Waals surface area contributed by atoms with Crippen LogP contribution in [0.3, 0.4) is 0 Å². The van der Waals surface area contributed by atoms with Crippen molar-refractivity contribution in [2.45, 2.75) is 32.7 Å². The van der Waals surface area contributed by atoms with E-state index in [4.69, 9.17) is 0 Å². The van der Waals surface area contributed by atoms with Gasteiger partial charge in [0, 0.05) is 30.0 Å². The molecule has 2 aromatic rings. The summed E-state index contributed by atoms with van der Waals surface area (Å²) in [5.41, 5.74) is 2.60. The molecule has 1 aliphatic heterocycles. The van der Waals surface area contributed by atoms with Crippen molar-refractivity contribution in [1.29, 1.82) is 0 Å². The summed E-state index contributed by atoms with van der Waals surface area (Å²) >= 11 is 0. The van der Waals surface area contributed by atoms with Gasteiger partial charge >= 0.3 is 0 Å². The van der Waals surface area contributed by atoms with Gasteiger partial charge in [-0.05, 0) is 62.2 Å². The van der Waals surface area contributed by atoms with Crippen molar-refractivity contribution in [3.8, 4) is 0 Å². The number of anilines is 3. The maximum Gasteiger partial charge on any atom is 0.246 e. The fraction of sp³-hybridized carbons (Fsp3) is 0.300. The van der Waals surface area contributed by atoms with Crippen molar-refractivity contribution in [2.24, 2.45) is 0 Å². The minimum Gasteiger partial charge on any atom is -0.374 e. The van der Waals surface area contributed by atoms with Crippen LogP contribution in [0.15, 0.2) is 42.5 Å². The zero-order chi connectivity index (χ0) is 18.7. The number of carbonyl (C=O) groups excluding carboxylic acids is 2. The van der Waals surface area contributed by atoms with E-state index < -0.39 is 6.04 Å². The van der Waals surface area contributed by atoms with Gasteiger partial charge in [-0.2, -0.15) is 0 Å². The molecule has 0 unspecified atom stereocenters. The van der Waals surface area contributed by atoms with E-state index in [1.54, 1.807) is 30.9 Å². The number of aryl methyl sites for hydroxylation is 1. The van der Waals surface area contributed by atoms with Crippen LogP contribution in [0.4, 0.5) is 21.5 Å². The Labute approximate surface area is 152 Å². The fourth-order valence-electron chi connectivity index (χ4n) is 2.90. The first kappa shape index (κ1) is 17.9. The lowest BCUT2D eigenvalue weighted by molar-refractivity contribution is -0.117. The molecule has 1 heterocycles. The van der Waals surface area contributed by atoms with Crippen molar-refractivity contribution in [3.63, 3.8) is 0 Å². The van der Waals surface area contributed by atoms with E-state index in [9.17, 15) is 14.0 Å². The standard InChI is InChI=1S/C20H22FN3O2/c1-13-5-6-16(12-18(13)21)23-20(26)14(2)22-15-7-9-17(10-8-15)24-11-3-4-19(24)25/h5-10,12,14,22H,3-4,11H2,1-2H3,(H,23,26)/t14-/m0/s1. The van der Waals surface area contributed by atoms with Crippen molar-refractivity contribution in [2.75, 3.05) is 22.1 Å². The number of hydrogen-bond acceptors (Lipinski definition) is 3. The van der Waals surface area contributed by atoms with Crippen LogP contribution in [0, 0.1) is 12.7 Å². The van der Waals surface area contributed by atoms with E-state index in [-0.39, 0.29) is 17.6 Å². The van der Waals surface area contributed by atoms with Crippen LogP contribution in [-0.2, 0) is 9.59 Å². The summed E-state index contributed by atoms with van der Waals surface area (Å²) in [4.78, 5) is 25.8. The minimum absolute atomic E-state index is 0.142. The van der Waals surface area contributed by atoms with E-state index in [0.29, 0.717) is 17.7 Å². The van der Waals surface area contributed by atoms with Gasteiger partial charge in [0.2, 0.25) is 11.8 Å². The third-order valence-corrected chi connectivity index (χ3v) is 4.47. The smallest absolute Gasteiger partial charge is 0.246 e. The molecule has 0 spiro atoms. The van der Waals surface area contributed by atoms with Crippen molar-refractivity contribution >= 4 is 28.9 Å². The van der Waals surface area contributed by atoms with Crippen LogP contribution >= 0.6 is 0 Å². The predicted octanol–water partition coefficient (Wildman–Crippen LogP) is 3.70. The Morgan fingerprint density at radius 2 is 1.85 bits per heavy atom. The zero-order valence-electron chi connectivity index (χ0n) is 14.9. The molecule has 1 fully saturated rings. The highest BCUT2D eigenvalue weighted by molar-refractivity contribution is 5.97. The number of amides is 2. The quantitative estimate of drug-likeness (QED) is 0.860. The lowest BCUT2D eigenvalue weighted by atomic mass is 10.2. The average molecular weight is 355 g/mol. The predicted molar refractivity (Wildman–Crippen MR) is 101 cm³/mol. The second-order valence-electron chi connectivity index (χ2n) is 6.52. The van der Waals surface area contributed by atoms with Crippen molar-refractivity contribution in [1.82, 2.24) is 0 Å². The Bertz CT molecular complexity index is 820. The Balaban J connectivity index is 1.59. The molecule has 1 saturated heterocycles. The Hall–Kier alpha value is -2.89. The molecule has 26 heavy (non-hydrogen) atoms. The molecule has 0 saturated carbocycles. The molecule has 0 radical (unpaired) electrons. The Kier molecular flexibility index (Phi) is 5.21. The van der Waals surface area contributed by atoms with E-state index in [1.165, 1.54) is 6.07 Å². The normalized spacial score (nSPS) is 15.0. The molecule has 2 amide bonds. The maximum absolute atomic E-state index is 13.6. The number of hydrogen-bond donors (Lipinski definition) is 2. The monoisotopic (exact) mass is 355 g/mol. The maximum atomic E-state index is 13.6. The molecule has 5 nitrogen and oxygen atoms in total. The van der Waals surface area contributed by atoms with Crippen LogP contribution in [0.5, 0.6) is 0 Å². The summed E-state index contributed by atoms with van der Waals surface area (Å²) in [7, 11) is 0. The molecule has 136 valence electrons. The molecular weight excluding hydrogens is 333 g/mol. The number of halogens is 1. The fourth-order valence-corrected chi connectivity index (χ4v) is 2.90. The van der Waals surface area contributed by atoms with E-state index in [0.717, 1.165) is 24.3 Å². The molecule has 1 atom stereocenters. The highest BCUT2D eigenvalue weighted by Gasteiger charge is 2.21.